The molecule has 2 fully saturated rings. The summed E-state index contributed by atoms with van der Waals surface area (Å²) in [5, 5.41) is 2.76. The second-order valence-corrected chi connectivity index (χ2v) is 6.19. The standard InChI is InChI=1S/C17H22FN3O/c1-12-3-5-14(17(22)19-12)13-4-6-16(15(18)11-13)21-9-7-20(2)8-10-21/h4,6,11,14H,1,3,5,7-10H2,2H3,(H,19,22). The van der Waals surface area contributed by atoms with Gasteiger partial charge in [-0.15, -0.1) is 0 Å². The Morgan fingerprint density at radius 3 is 2.64 bits per heavy atom. The van der Waals surface area contributed by atoms with Crippen LogP contribution in [0.3, 0.4) is 0 Å². The minimum absolute atomic E-state index is 0.0806. The van der Waals surface area contributed by atoms with E-state index in [2.05, 4.69) is 28.7 Å². The number of halogens is 1. The fraction of sp³-hybridized carbons (Fsp3) is 0.471. The highest BCUT2D eigenvalue weighted by Crippen LogP contribution is 2.30. The summed E-state index contributed by atoms with van der Waals surface area (Å²) in [5.41, 5.74) is 2.13. The third-order valence-corrected chi connectivity index (χ3v) is 4.57. The molecule has 0 aromatic heterocycles. The Labute approximate surface area is 130 Å². The molecule has 3 rings (SSSR count). The zero-order valence-corrected chi connectivity index (χ0v) is 12.9. The number of hydrogen-bond acceptors (Lipinski definition) is 3. The summed E-state index contributed by atoms with van der Waals surface area (Å²) < 4.78 is 14.5. The number of anilines is 1. The van der Waals surface area contributed by atoms with Crippen molar-refractivity contribution in [2.45, 2.75) is 18.8 Å². The quantitative estimate of drug-likeness (QED) is 0.909. The minimum Gasteiger partial charge on any atom is -0.367 e. The predicted octanol–water partition coefficient (Wildman–Crippen LogP) is 2.08. The molecule has 22 heavy (non-hydrogen) atoms. The summed E-state index contributed by atoms with van der Waals surface area (Å²) in [4.78, 5) is 16.3. The number of benzene rings is 1. The lowest BCUT2D eigenvalue weighted by molar-refractivity contribution is -0.122. The lowest BCUT2D eigenvalue weighted by Crippen LogP contribution is -2.44. The van der Waals surface area contributed by atoms with Gasteiger partial charge < -0.3 is 15.1 Å². The first-order valence-electron chi connectivity index (χ1n) is 7.76. The number of carbonyl (C=O) groups is 1. The summed E-state index contributed by atoms with van der Waals surface area (Å²) in [6.07, 6.45) is 1.44. The van der Waals surface area contributed by atoms with Gasteiger partial charge in [0.1, 0.15) is 5.82 Å². The van der Waals surface area contributed by atoms with Crippen LogP contribution in [-0.2, 0) is 4.79 Å². The summed E-state index contributed by atoms with van der Waals surface area (Å²) in [7, 11) is 2.08. The van der Waals surface area contributed by atoms with Crippen molar-refractivity contribution in [1.82, 2.24) is 10.2 Å². The van der Waals surface area contributed by atoms with Crippen LogP contribution in [0.2, 0.25) is 0 Å². The van der Waals surface area contributed by atoms with Crippen LogP contribution in [0.4, 0.5) is 10.1 Å². The molecule has 0 saturated carbocycles. The fourth-order valence-corrected chi connectivity index (χ4v) is 3.14. The third kappa shape index (κ3) is 2.99. The van der Waals surface area contributed by atoms with Gasteiger partial charge in [-0.05, 0) is 37.6 Å². The van der Waals surface area contributed by atoms with Crippen molar-refractivity contribution in [3.63, 3.8) is 0 Å². The van der Waals surface area contributed by atoms with E-state index in [4.69, 9.17) is 0 Å². The Bertz CT molecular complexity index is 594. The maximum Gasteiger partial charge on any atom is 0.231 e. The van der Waals surface area contributed by atoms with E-state index in [1.54, 1.807) is 0 Å². The average Bonchev–Trinajstić information content (AvgIpc) is 2.48. The molecule has 0 aliphatic carbocycles. The average molecular weight is 303 g/mol. The smallest absolute Gasteiger partial charge is 0.231 e. The van der Waals surface area contributed by atoms with Gasteiger partial charge in [0.2, 0.25) is 5.91 Å². The molecule has 1 amide bonds. The highest BCUT2D eigenvalue weighted by Gasteiger charge is 2.27. The van der Waals surface area contributed by atoms with Gasteiger partial charge in [0.15, 0.2) is 0 Å². The highest BCUT2D eigenvalue weighted by molar-refractivity contribution is 5.86. The second-order valence-electron chi connectivity index (χ2n) is 6.19. The van der Waals surface area contributed by atoms with Crippen molar-refractivity contribution in [3.05, 3.63) is 41.9 Å². The molecular weight excluding hydrogens is 281 g/mol. The lowest BCUT2D eigenvalue weighted by atomic mass is 9.89. The Balaban J connectivity index is 1.77. The van der Waals surface area contributed by atoms with Crippen LogP contribution in [0.1, 0.15) is 24.3 Å². The largest absolute Gasteiger partial charge is 0.367 e. The van der Waals surface area contributed by atoms with E-state index in [-0.39, 0.29) is 17.6 Å². The molecular formula is C17H22FN3O. The van der Waals surface area contributed by atoms with Crippen LogP contribution in [0.5, 0.6) is 0 Å². The molecule has 4 nitrogen and oxygen atoms in total. The van der Waals surface area contributed by atoms with Gasteiger partial charge in [0.25, 0.3) is 0 Å². The van der Waals surface area contributed by atoms with E-state index in [0.717, 1.165) is 43.9 Å². The number of nitrogens with one attached hydrogen (secondary N) is 1. The second kappa shape index (κ2) is 6.08. The lowest BCUT2D eigenvalue weighted by Gasteiger charge is -2.34. The zero-order chi connectivity index (χ0) is 15.7. The van der Waals surface area contributed by atoms with Gasteiger partial charge in [-0.2, -0.15) is 0 Å². The topological polar surface area (TPSA) is 35.6 Å². The maximum absolute atomic E-state index is 14.5. The maximum atomic E-state index is 14.5. The monoisotopic (exact) mass is 303 g/mol. The third-order valence-electron chi connectivity index (χ3n) is 4.57. The zero-order valence-electron chi connectivity index (χ0n) is 12.9. The van der Waals surface area contributed by atoms with Crippen LogP contribution >= 0.6 is 0 Å². The highest BCUT2D eigenvalue weighted by atomic mass is 19.1. The van der Waals surface area contributed by atoms with Crippen LogP contribution in [0.25, 0.3) is 0 Å². The molecule has 2 aliphatic heterocycles. The van der Waals surface area contributed by atoms with Crippen molar-refractivity contribution >= 4 is 11.6 Å². The number of likely N-dealkylation sites (N-methyl/N-ethyl adjacent to an activating group) is 1. The molecule has 1 aromatic rings. The minimum atomic E-state index is -0.276. The van der Waals surface area contributed by atoms with Crippen LogP contribution in [0, 0.1) is 5.82 Å². The van der Waals surface area contributed by atoms with E-state index < -0.39 is 0 Å². The first kappa shape index (κ1) is 15.0. The molecule has 2 saturated heterocycles. The number of nitrogens with zero attached hydrogens (tertiary/aromatic N) is 2. The van der Waals surface area contributed by atoms with Gasteiger partial charge in [-0.3, -0.25) is 4.79 Å². The van der Waals surface area contributed by atoms with Crippen LogP contribution in [-0.4, -0.2) is 44.0 Å². The number of allylic oxidation sites excluding steroid dienone is 1. The number of rotatable bonds is 2. The summed E-state index contributed by atoms with van der Waals surface area (Å²) in [6.45, 7) is 7.31. The number of piperazine rings is 1. The van der Waals surface area contributed by atoms with Gasteiger partial charge in [-0.1, -0.05) is 12.6 Å². The van der Waals surface area contributed by atoms with E-state index >= 15 is 0 Å². The summed E-state index contributed by atoms with van der Waals surface area (Å²) in [5.74, 6) is -0.594. The molecule has 5 heteroatoms. The van der Waals surface area contributed by atoms with Gasteiger partial charge in [-0.25, -0.2) is 4.39 Å². The van der Waals surface area contributed by atoms with Gasteiger partial charge in [0, 0.05) is 31.9 Å². The molecule has 1 unspecified atom stereocenters. The number of hydrogen-bond donors (Lipinski definition) is 1. The first-order chi connectivity index (χ1) is 10.5. The van der Waals surface area contributed by atoms with Crippen molar-refractivity contribution in [2.24, 2.45) is 0 Å². The molecule has 118 valence electrons. The van der Waals surface area contributed by atoms with Crippen molar-refractivity contribution in [3.8, 4) is 0 Å². The summed E-state index contributed by atoms with van der Waals surface area (Å²) in [6, 6.07) is 5.22. The summed E-state index contributed by atoms with van der Waals surface area (Å²) >= 11 is 0. The van der Waals surface area contributed by atoms with Gasteiger partial charge in [0.05, 0.1) is 11.6 Å². The van der Waals surface area contributed by atoms with E-state index in [1.807, 2.05) is 12.1 Å². The molecule has 0 spiro atoms. The number of carbonyl (C=O) groups excluding carboxylic acids is 1. The predicted molar refractivity (Wildman–Crippen MR) is 85.4 cm³/mol. The van der Waals surface area contributed by atoms with Gasteiger partial charge >= 0.3 is 0 Å². The molecule has 0 radical (unpaired) electrons. The Morgan fingerprint density at radius 1 is 1.27 bits per heavy atom. The van der Waals surface area contributed by atoms with Crippen molar-refractivity contribution in [1.29, 1.82) is 0 Å². The molecule has 1 N–H and O–H groups in total. The van der Waals surface area contributed by atoms with Crippen molar-refractivity contribution < 1.29 is 9.18 Å². The number of amides is 1. The van der Waals surface area contributed by atoms with Crippen molar-refractivity contribution in [2.75, 3.05) is 38.1 Å². The molecule has 1 aromatic carbocycles. The fourth-order valence-electron chi connectivity index (χ4n) is 3.14. The molecule has 2 aliphatic rings. The van der Waals surface area contributed by atoms with Crippen LogP contribution < -0.4 is 10.2 Å². The van der Waals surface area contributed by atoms with E-state index in [9.17, 15) is 9.18 Å². The molecule has 2 heterocycles. The van der Waals surface area contributed by atoms with E-state index in [0.29, 0.717) is 12.1 Å². The first-order valence-corrected chi connectivity index (χ1v) is 7.76. The molecule has 1 atom stereocenters. The number of piperidine rings is 1. The normalized spacial score (nSPS) is 23.5. The Morgan fingerprint density at radius 2 is 2.00 bits per heavy atom. The Hall–Kier alpha value is -1.88. The molecule has 0 bridgehead atoms. The SMILES string of the molecule is C=C1CCC(c2ccc(N3CCN(C)CC3)c(F)c2)C(=O)N1. The Kier molecular flexibility index (Phi) is 4.16. The van der Waals surface area contributed by atoms with E-state index in [1.165, 1.54) is 6.07 Å². The van der Waals surface area contributed by atoms with Crippen LogP contribution in [0.15, 0.2) is 30.5 Å².